The highest BCUT2D eigenvalue weighted by molar-refractivity contribution is 6.69. The van der Waals surface area contributed by atoms with Gasteiger partial charge in [0.05, 0.1) is 0 Å². The quantitative estimate of drug-likeness (QED) is 0.651. The van der Waals surface area contributed by atoms with E-state index >= 15 is 0 Å². The van der Waals surface area contributed by atoms with Gasteiger partial charge in [0.25, 0.3) is 0 Å². The van der Waals surface area contributed by atoms with E-state index in [1.54, 1.807) is 32.9 Å². The van der Waals surface area contributed by atoms with Crippen LogP contribution < -0.4 is 5.43 Å². The molecule has 0 spiro atoms. The van der Waals surface area contributed by atoms with Crippen molar-refractivity contribution in [3.63, 3.8) is 0 Å². The van der Waals surface area contributed by atoms with E-state index in [0.29, 0.717) is 0 Å². The molecule has 0 radical (unpaired) electrons. The first-order valence-electron chi connectivity index (χ1n) is 5.16. The number of nitrogens with one attached hydrogen (secondary N) is 1. The number of carbonyl (C=O) groups excluding carboxylic acids is 1. The van der Waals surface area contributed by atoms with Crippen LogP contribution in [0.4, 0.5) is 4.79 Å². The SMILES string of the molecule is CC(C)(C)OC(=O)N/N=C(\Cl)c1ccccc1. The van der Waals surface area contributed by atoms with Crippen LogP contribution in [0.5, 0.6) is 0 Å². The van der Waals surface area contributed by atoms with E-state index < -0.39 is 11.7 Å². The van der Waals surface area contributed by atoms with E-state index in [1.165, 1.54) is 0 Å². The highest BCUT2D eigenvalue weighted by Crippen LogP contribution is 2.07. The first kappa shape index (κ1) is 13.5. The summed E-state index contributed by atoms with van der Waals surface area (Å²) in [5.41, 5.74) is 2.40. The molecule has 0 atom stereocenters. The molecule has 4 nitrogen and oxygen atoms in total. The molecule has 1 rings (SSSR count). The number of halogens is 1. The Morgan fingerprint density at radius 1 is 1.29 bits per heavy atom. The molecule has 0 aliphatic rings. The van der Waals surface area contributed by atoms with Crippen LogP contribution in [-0.2, 0) is 4.74 Å². The Kier molecular flexibility index (Phi) is 4.52. The lowest BCUT2D eigenvalue weighted by atomic mass is 10.2. The molecular weight excluding hydrogens is 240 g/mol. The molecule has 0 saturated heterocycles. The van der Waals surface area contributed by atoms with Crippen molar-refractivity contribution in [1.29, 1.82) is 0 Å². The molecule has 1 aromatic rings. The topological polar surface area (TPSA) is 50.7 Å². The van der Waals surface area contributed by atoms with Crippen LogP contribution in [0.3, 0.4) is 0 Å². The van der Waals surface area contributed by atoms with Crippen LogP contribution in [0, 0.1) is 0 Å². The van der Waals surface area contributed by atoms with Crippen molar-refractivity contribution in [2.45, 2.75) is 26.4 Å². The lowest BCUT2D eigenvalue weighted by Crippen LogP contribution is -2.30. The van der Waals surface area contributed by atoms with E-state index in [4.69, 9.17) is 16.3 Å². The van der Waals surface area contributed by atoms with Gasteiger partial charge in [-0.3, -0.25) is 0 Å². The molecule has 0 saturated carbocycles. The van der Waals surface area contributed by atoms with Crippen molar-refractivity contribution >= 4 is 22.9 Å². The first-order valence-corrected chi connectivity index (χ1v) is 5.54. The molecule has 0 aromatic heterocycles. The molecule has 0 aliphatic heterocycles. The average Bonchev–Trinajstić information content (AvgIpc) is 2.25. The number of rotatable bonds is 2. The number of hydrogen-bond donors (Lipinski definition) is 1. The van der Waals surface area contributed by atoms with Crippen molar-refractivity contribution in [2.24, 2.45) is 5.10 Å². The van der Waals surface area contributed by atoms with Crippen LogP contribution in [0.15, 0.2) is 35.4 Å². The monoisotopic (exact) mass is 254 g/mol. The third-order valence-electron chi connectivity index (χ3n) is 1.66. The molecule has 92 valence electrons. The number of nitrogens with zero attached hydrogens (tertiary/aromatic N) is 1. The van der Waals surface area contributed by atoms with Crippen molar-refractivity contribution < 1.29 is 9.53 Å². The molecule has 0 unspecified atom stereocenters. The van der Waals surface area contributed by atoms with Crippen molar-refractivity contribution in [3.8, 4) is 0 Å². The molecular formula is C12H15ClN2O2. The summed E-state index contributed by atoms with van der Waals surface area (Å²) >= 11 is 5.90. The summed E-state index contributed by atoms with van der Waals surface area (Å²) in [6, 6.07) is 9.13. The van der Waals surface area contributed by atoms with E-state index in [1.807, 2.05) is 18.2 Å². The lowest BCUT2D eigenvalue weighted by molar-refractivity contribution is 0.0529. The summed E-state index contributed by atoms with van der Waals surface area (Å²) in [4.78, 5) is 11.3. The molecule has 1 amide bonds. The zero-order valence-corrected chi connectivity index (χ0v) is 10.8. The van der Waals surface area contributed by atoms with E-state index in [0.717, 1.165) is 5.56 Å². The van der Waals surface area contributed by atoms with Gasteiger partial charge in [0, 0.05) is 5.56 Å². The molecule has 0 fully saturated rings. The molecule has 17 heavy (non-hydrogen) atoms. The number of hydrazone groups is 1. The number of ether oxygens (including phenoxy) is 1. The first-order chi connectivity index (χ1) is 7.88. The fraction of sp³-hybridized carbons (Fsp3) is 0.333. The Morgan fingerprint density at radius 2 is 1.88 bits per heavy atom. The third kappa shape index (κ3) is 5.36. The summed E-state index contributed by atoms with van der Waals surface area (Å²) in [7, 11) is 0. The fourth-order valence-electron chi connectivity index (χ4n) is 1.04. The third-order valence-corrected chi connectivity index (χ3v) is 1.96. The van der Waals surface area contributed by atoms with Gasteiger partial charge in [-0.25, -0.2) is 10.2 Å². The van der Waals surface area contributed by atoms with Gasteiger partial charge in [-0.1, -0.05) is 41.9 Å². The molecule has 1 N–H and O–H groups in total. The molecule has 0 heterocycles. The smallest absolute Gasteiger partial charge is 0.428 e. The minimum absolute atomic E-state index is 0.205. The second-order valence-electron chi connectivity index (χ2n) is 4.38. The van der Waals surface area contributed by atoms with E-state index in [-0.39, 0.29) is 5.17 Å². The zero-order chi connectivity index (χ0) is 12.9. The zero-order valence-electron chi connectivity index (χ0n) is 10.0. The summed E-state index contributed by atoms with van der Waals surface area (Å²) in [5.74, 6) is 0. The van der Waals surface area contributed by atoms with Crippen molar-refractivity contribution in [1.82, 2.24) is 5.43 Å². The molecule has 0 bridgehead atoms. The lowest BCUT2D eigenvalue weighted by Gasteiger charge is -2.18. The van der Waals surface area contributed by atoms with Crippen LogP contribution in [0.1, 0.15) is 26.3 Å². The van der Waals surface area contributed by atoms with Gasteiger partial charge in [-0.05, 0) is 20.8 Å². The maximum Gasteiger partial charge on any atom is 0.428 e. The number of amides is 1. The van der Waals surface area contributed by atoms with Crippen LogP contribution in [0.2, 0.25) is 0 Å². The van der Waals surface area contributed by atoms with Crippen LogP contribution >= 0.6 is 11.6 Å². The summed E-state index contributed by atoms with van der Waals surface area (Å²) in [6.45, 7) is 5.32. The highest BCUT2D eigenvalue weighted by atomic mass is 35.5. The van der Waals surface area contributed by atoms with Gasteiger partial charge in [0.15, 0.2) is 5.17 Å². The number of hydrogen-bond acceptors (Lipinski definition) is 3. The maximum absolute atomic E-state index is 11.3. The van der Waals surface area contributed by atoms with Crippen molar-refractivity contribution in [2.75, 3.05) is 0 Å². The Hall–Kier alpha value is -1.55. The van der Waals surface area contributed by atoms with Crippen LogP contribution in [-0.4, -0.2) is 16.9 Å². The highest BCUT2D eigenvalue weighted by Gasteiger charge is 2.15. The Morgan fingerprint density at radius 3 is 2.41 bits per heavy atom. The average molecular weight is 255 g/mol. The minimum atomic E-state index is -0.633. The molecule has 1 aromatic carbocycles. The summed E-state index contributed by atoms with van der Waals surface area (Å²) < 4.78 is 5.01. The van der Waals surface area contributed by atoms with Gasteiger partial charge in [0.2, 0.25) is 0 Å². The minimum Gasteiger partial charge on any atom is -0.443 e. The Labute approximate surface area is 106 Å². The molecule has 0 aliphatic carbocycles. The van der Waals surface area contributed by atoms with Gasteiger partial charge in [-0.15, -0.1) is 0 Å². The number of benzene rings is 1. The largest absolute Gasteiger partial charge is 0.443 e. The Balaban J connectivity index is 2.57. The fourth-order valence-corrected chi connectivity index (χ4v) is 1.20. The van der Waals surface area contributed by atoms with E-state index in [2.05, 4.69) is 10.5 Å². The second-order valence-corrected chi connectivity index (χ2v) is 4.74. The van der Waals surface area contributed by atoms with Crippen LogP contribution in [0.25, 0.3) is 0 Å². The van der Waals surface area contributed by atoms with Crippen molar-refractivity contribution in [3.05, 3.63) is 35.9 Å². The van der Waals surface area contributed by atoms with E-state index in [9.17, 15) is 4.79 Å². The van der Waals surface area contributed by atoms with Gasteiger partial charge >= 0.3 is 6.09 Å². The maximum atomic E-state index is 11.3. The number of carbonyl (C=O) groups is 1. The predicted molar refractivity (Wildman–Crippen MR) is 68.2 cm³/mol. The Bertz CT molecular complexity index is 410. The summed E-state index contributed by atoms with van der Waals surface area (Å²) in [6.07, 6.45) is -0.633. The normalized spacial score (nSPS) is 12.1. The van der Waals surface area contributed by atoms with Gasteiger partial charge in [0.1, 0.15) is 5.60 Å². The molecule has 5 heteroatoms. The van der Waals surface area contributed by atoms with Gasteiger partial charge in [-0.2, -0.15) is 5.10 Å². The predicted octanol–water partition coefficient (Wildman–Crippen LogP) is 3.11. The summed E-state index contributed by atoms with van der Waals surface area (Å²) in [5, 5.41) is 3.94. The second kappa shape index (κ2) is 5.68. The standard InChI is InChI=1S/C12H15ClN2O2/c1-12(2,3)17-11(16)15-14-10(13)9-7-5-4-6-8-9/h4-8H,1-3H3,(H,15,16)/b14-10-. The van der Waals surface area contributed by atoms with Gasteiger partial charge < -0.3 is 4.74 Å².